The summed E-state index contributed by atoms with van der Waals surface area (Å²) in [4.78, 5) is 29.6. The number of carbonyl (C=O) groups is 2. The number of nitrogens with zero attached hydrogens (tertiary/aromatic N) is 3. The molecule has 3 aromatic carbocycles. The van der Waals surface area contributed by atoms with Gasteiger partial charge in [0.2, 0.25) is 5.91 Å². The van der Waals surface area contributed by atoms with Crippen molar-refractivity contribution in [2.75, 3.05) is 5.32 Å². The zero-order chi connectivity index (χ0) is 24.4. The van der Waals surface area contributed by atoms with Crippen LogP contribution in [0.5, 0.6) is 0 Å². The normalized spacial score (nSPS) is 19.5. The van der Waals surface area contributed by atoms with Gasteiger partial charge in [0.15, 0.2) is 5.17 Å². The van der Waals surface area contributed by atoms with E-state index in [1.54, 1.807) is 0 Å². The Morgan fingerprint density at radius 2 is 1.77 bits per heavy atom. The van der Waals surface area contributed by atoms with E-state index in [-0.39, 0.29) is 24.3 Å². The van der Waals surface area contributed by atoms with Crippen molar-refractivity contribution < 1.29 is 9.59 Å². The van der Waals surface area contributed by atoms with Crippen LogP contribution in [-0.4, -0.2) is 33.0 Å². The summed E-state index contributed by atoms with van der Waals surface area (Å²) in [5.74, 6) is -0.516. The van der Waals surface area contributed by atoms with E-state index < -0.39 is 5.25 Å². The summed E-state index contributed by atoms with van der Waals surface area (Å²) < 4.78 is 1.00. The molecule has 176 valence electrons. The molecule has 0 aromatic heterocycles. The van der Waals surface area contributed by atoms with Crippen molar-refractivity contribution in [2.45, 2.75) is 31.1 Å². The molecule has 2 amide bonds. The van der Waals surface area contributed by atoms with E-state index in [1.165, 1.54) is 17.3 Å². The highest BCUT2D eigenvalue weighted by Crippen LogP contribution is 2.38. The minimum absolute atomic E-state index is 0.0533. The Labute approximate surface area is 216 Å². The van der Waals surface area contributed by atoms with Crippen molar-refractivity contribution in [3.05, 3.63) is 100 Å². The number of para-hydroxylation sites is 1. The van der Waals surface area contributed by atoms with Crippen molar-refractivity contribution in [1.29, 1.82) is 0 Å². The van der Waals surface area contributed by atoms with Crippen molar-refractivity contribution in [3.63, 3.8) is 0 Å². The Morgan fingerprint density at radius 3 is 2.49 bits per heavy atom. The summed E-state index contributed by atoms with van der Waals surface area (Å²) in [6.45, 7) is 2.06. The molecule has 0 aliphatic carbocycles. The fourth-order valence-electron chi connectivity index (χ4n) is 4.06. The Kier molecular flexibility index (Phi) is 6.83. The summed E-state index contributed by atoms with van der Waals surface area (Å²) >= 11 is 4.79. The number of benzene rings is 3. The van der Waals surface area contributed by atoms with E-state index in [0.29, 0.717) is 17.3 Å². The minimum atomic E-state index is -0.570. The molecule has 0 saturated heterocycles. The molecular formula is C27H23BrN4O2S. The van der Waals surface area contributed by atoms with Gasteiger partial charge in [-0.3, -0.25) is 9.59 Å². The summed E-state index contributed by atoms with van der Waals surface area (Å²) in [6, 6.07) is 25.6. The van der Waals surface area contributed by atoms with E-state index in [1.807, 2.05) is 59.6 Å². The van der Waals surface area contributed by atoms with E-state index in [2.05, 4.69) is 57.4 Å². The first kappa shape index (κ1) is 23.5. The first-order valence-corrected chi connectivity index (χ1v) is 13.0. The first-order valence-electron chi connectivity index (χ1n) is 11.3. The van der Waals surface area contributed by atoms with Gasteiger partial charge in [0.25, 0.3) is 5.91 Å². The van der Waals surface area contributed by atoms with E-state index in [9.17, 15) is 9.59 Å². The molecule has 0 bridgehead atoms. The van der Waals surface area contributed by atoms with Crippen molar-refractivity contribution in [2.24, 2.45) is 10.1 Å². The second kappa shape index (κ2) is 10.2. The number of amidine groups is 1. The summed E-state index contributed by atoms with van der Waals surface area (Å²) in [6.07, 6.45) is 0.745. The monoisotopic (exact) mass is 546 g/mol. The van der Waals surface area contributed by atoms with Gasteiger partial charge in [-0.15, -0.1) is 0 Å². The molecule has 0 spiro atoms. The molecule has 2 atom stereocenters. The minimum Gasteiger partial charge on any atom is -0.326 e. The van der Waals surface area contributed by atoms with Gasteiger partial charge in [-0.2, -0.15) is 10.1 Å². The molecule has 2 aliphatic rings. The third-order valence-electron chi connectivity index (χ3n) is 5.90. The molecule has 1 N–H and O–H groups in total. The number of aliphatic imine (C=N–C) groups is 1. The highest BCUT2D eigenvalue weighted by atomic mass is 79.9. The van der Waals surface area contributed by atoms with Crippen LogP contribution >= 0.6 is 27.7 Å². The fraction of sp³-hybridized carbons (Fsp3) is 0.185. The van der Waals surface area contributed by atoms with Gasteiger partial charge < -0.3 is 5.32 Å². The van der Waals surface area contributed by atoms with Crippen LogP contribution in [0.3, 0.4) is 0 Å². The van der Waals surface area contributed by atoms with Gasteiger partial charge in [0.1, 0.15) is 5.25 Å². The number of hydrogen-bond donors (Lipinski definition) is 1. The van der Waals surface area contributed by atoms with Crippen LogP contribution in [-0.2, 0) is 9.59 Å². The second-order valence-corrected chi connectivity index (χ2v) is 10.6. The fourth-order valence-corrected chi connectivity index (χ4v) is 5.38. The molecule has 0 saturated carbocycles. The van der Waals surface area contributed by atoms with Crippen molar-refractivity contribution >= 4 is 56.1 Å². The number of nitrogens with one attached hydrogen (secondary N) is 1. The quantitative estimate of drug-likeness (QED) is 0.430. The molecule has 3 aromatic rings. The maximum atomic E-state index is 12.7. The maximum Gasteiger partial charge on any atom is 0.262 e. The SMILES string of the molecule is Cc1ccc([C@H]2CC(c3ccc(Br)cc3)=NN2C2=NC(=O)[C@H](CC(=O)Nc3ccccc3)S2)cc1. The largest absolute Gasteiger partial charge is 0.326 e. The molecule has 2 heterocycles. The highest BCUT2D eigenvalue weighted by Gasteiger charge is 2.39. The molecule has 2 aliphatic heterocycles. The molecule has 0 unspecified atom stereocenters. The van der Waals surface area contributed by atoms with E-state index in [0.717, 1.165) is 21.3 Å². The molecule has 6 nitrogen and oxygen atoms in total. The number of aryl methyl sites for hydroxylation is 1. The first-order chi connectivity index (χ1) is 17.0. The number of amides is 2. The molecule has 0 fully saturated rings. The standard InChI is InChI=1S/C27H23BrN4O2S/c1-17-7-9-19(10-8-17)23-15-22(18-11-13-20(28)14-12-18)31-32(23)27-30-26(34)24(35-27)16-25(33)29-21-5-3-2-4-6-21/h2-14,23-24H,15-16H2,1H3,(H,29,33)/t23-,24+/m1/s1. The second-order valence-electron chi connectivity index (χ2n) is 8.49. The average Bonchev–Trinajstić information content (AvgIpc) is 3.45. The van der Waals surface area contributed by atoms with E-state index >= 15 is 0 Å². The number of rotatable bonds is 5. The third kappa shape index (κ3) is 5.39. The summed E-state index contributed by atoms with van der Waals surface area (Å²) in [7, 11) is 0. The van der Waals surface area contributed by atoms with Gasteiger partial charge in [0, 0.05) is 23.0 Å². The third-order valence-corrected chi connectivity index (χ3v) is 7.57. The van der Waals surface area contributed by atoms with Crippen LogP contribution in [0.2, 0.25) is 0 Å². The van der Waals surface area contributed by atoms with Gasteiger partial charge in [-0.05, 0) is 42.3 Å². The van der Waals surface area contributed by atoms with Crippen molar-refractivity contribution in [1.82, 2.24) is 5.01 Å². The lowest BCUT2D eigenvalue weighted by molar-refractivity contribution is -0.121. The molecular weight excluding hydrogens is 524 g/mol. The lowest BCUT2D eigenvalue weighted by Gasteiger charge is -2.23. The van der Waals surface area contributed by atoms with Crippen LogP contribution in [0.25, 0.3) is 0 Å². The lowest BCUT2D eigenvalue weighted by atomic mass is 9.98. The van der Waals surface area contributed by atoms with Crippen LogP contribution in [0.4, 0.5) is 5.69 Å². The number of hydrazone groups is 1. The summed E-state index contributed by atoms with van der Waals surface area (Å²) in [5.41, 5.74) is 4.95. The lowest BCUT2D eigenvalue weighted by Crippen LogP contribution is -2.25. The van der Waals surface area contributed by atoms with Crippen molar-refractivity contribution in [3.8, 4) is 0 Å². The number of hydrogen-bond acceptors (Lipinski definition) is 5. The van der Waals surface area contributed by atoms with Crippen LogP contribution < -0.4 is 5.32 Å². The molecule has 8 heteroatoms. The molecule has 5 rings (SSSR count). The van der Waals surface area contributed by atoms with Gasteiger partial charge >= 0.3 is 0 Å². The van der Waals surface area contributed by atoms with Gasteiger partial charge in [0.05, 0.1) is 11.8 Å². The molecule has 35 heavy (non-hydrogen) atoms. The number of thioether (sulfide) groups is 1. The zero-order valence-electron chi connectivity index (χ0n) is 19.0. The Morgan fingerprint density at radius 1 is 1.06 bits per heavy atom. The van der Waals surface area contributed by atoms with E-state index in [4.69, 9.17) is 5.10 Å². The van der Waals surface area contributed by atoms with Gasteiger partial charge in [-0.25, -0.2) is 5.01 Å². The predicted octanol–water partition coefficient (Wildman–Crippen LogP) is 5.94. The van der Waals surface area contributed by atoms with Gasteiger partial charge in [-0.1, -0.05) is 87.9 Å². The molecule has 0 radical (unpaired) electrons. The zero-order valence-corrected chi connectivity index (χ0v) is 21.4. The number of halogens is 1. The van der Waals surface area contributed by atoms with Crippen LogP contribution in [0.1, 0.15) is 35.6 Å². The average molecular weight is 547 g/mol. The number of carbonyl (C=O) groups excluding carboxylic acids is 2. The van der Waals surface area contributed by atoms with Crippen LogP contribution in [0, 0.1) is 6.92 Å². The van der Waals surface area contributed by atoms with Crippen LogP contribution in [0.15, 0.2) is 93.4 Å². The topological polar surface area (TPSA) is 74.1 Å². The highest BCUT2D eigenvalue weighted by molar-refractivity contribution is 9.10. The summed E-state index contributed by atoms with van der Waals surface area (Å²) in [5, 5.41) is 9.55. The maximum absolute atomic E-state index is 12.7. The number of anilines is 1. The Hall–Kier alpha value is -3.23. The predicted molar refractivity (Wildman–Crippen MR) is 145 cm³/mol. The smallest absolute Gasteiger partial charge is 0.262 e. The Bertz CT molecular complexity index is 1310. The Balaban J connectivity index is 1.36.